The van der Waals surface area contributed by atoms with Gasteiger partial charge in [-0.25, -0.2) is 0 Å². The molecule has 2 aliphatic heterocycles. The van der Waals surface area contributed by atoms with E-state index in [1.807, 2.05) is 0 Å². The monoisotopic (exact) mass is 391 g/mol. The summed E-state index contributed by atoms with van der Waals surface area (Å²) in [5, 5.41) is 4.39. The van der Waals surface area contributed by atoms with E-state index >= 15 is 0 Å². The Morgan fingerprint density at radius 1 is 0.793 bits per heavy atom. The Hall–Kier alpha value is -1.58. The van der Waals surface area contributed by atoms with Crippen molar-refractivity contribution in [3.05, 3.63) is 34.8 Å². The lowest BCUT2D eigenvalue weighted by atomic mass is 10.00. The van der Waals surface area contributed by atoms with Gasteiger partial charge in [-0.05, 0) is 90.2 Å². The summed E-state index contributed by atoms with van der Waals surface area (Å²) < 4.78 is 2.59. The van der Waals surface area contributed by atoms with Crippen LogP contribution < -0.4 is 10.6 Å². The van der Waals surface area contributed by atoms with E-state index in [4.69, 9.17) is 0 Å². The highest BCUT2D eigenvalue weighted by Gasteiger charge is 2.25. The average molecular weight is 392 g/mol. The molecule has 0 bridgehead atoms. The van der Waals surface area contributed by atoms with Gasteiger partial charge >= 0.3 is 0 Å². The predicted molar refractivity (Wildman–Crippen MR) is 123 cm³/mol. The number of nitrogens with zero attached hydrogens (tertiary/aromatic N) is 3. The van der Waals surface area contributed by atoms with Gasteiger partial charge in [0.2, 0.25) is 0 Å². The lowest BCUT2D eigenvalue weighted by molar-refractivity contribution is 0.0917. The van der Waals surface area contributed by atoms with Crippen LogP contribution in [0.3, 0.4) is 0 Å². The van der Waals surface area contributed by atoms with Crippen LogP contribution in [0.5, 0.6) is 0 Å². The second-order valence-electron chi connectivity index (χ2n) is 9.33. The third-order valence-electron chi connectivity index (χ3n) is 7.47. The Bertz CT molecular complexity index is 927. The van der Waals surface area contributed by atoms with E-state index in [-0.39, 0.29) is 0 Å². The largest absolute Gasteiger partial charge is 0.341 e. The van der Waals surface area contributed by atoms with E-state index in [2.05, 4.69) is 50.8 Å². The first-order valence-corrected chi connectivity index (χ1v) is 12.1. The quantitative estimate of drug-likeness (QED) is 0.695. The maximum absolute atomic E-state index is 2.79. The van der Waals surface area contributed by atoms with Crippen LogP contribution >= 0.6 is 0 Å². The molecule has 3 heteroatoms. The maximum atomic E-state index is 2.79. The van der Waals surface area contributed by atoms with Crippen LogP contribution in [0, 0.1) is 0 Å². The van der Waals surface area contributed by atoms with Crippen molar-refractivity contribution in [2.45, 2.75) is 70.4 Å². The fourth-order valence-electron chi connectivity index (χ4n) is 5.87. The third-order valence-corrected chi connectivity index (χ3v) is 7.47. The van der Waals surface area contributed by atoms with E-state index < -0.39 is 0 Å². The standard InChI is InChI=1S/C26H37N3/c1-6-17-28(18-7-1)22-14-20-27(21-15-22)16-8-9-19-29-25-12-4-2-10-23(25)24-11-3-5-13-26(24)29/h2,4,10-13,22H,1,3,5-9,14-21H2. The van der Waals surface area contributed by atoms with Gasteiger partial charge in [-0.2, -0.15) is 0 Å². The summed E-state index contributed by atoms with van der Waals surface area (Å²) in [6.45, 7) is 7.77. The second-order valence-corrected chi connectivity index (χ2v) is 9.33. The first kappa shape index (κ1) is 19.4. The molecule has 0 amide bonds. The minimum absolute atomic E-state index is 0.871. The number of unbranched alkanes of at least 4 members (excludes halogenated alkanes) is 1. The molecule has 3 aliphatic rings. The summed E-state index contributed by atoms with van der Waals surface area (Å²) in [6, 6.07) is 9.85. The van der Waals surface area contributed by atoms with E-state index in [1.165, 1.54) is 112 Å². The first-order chi connectivity index (χ1) is 14.4. The molecule has 2 aromatic rings. The smallest absolute Gasteiger partial charge is 0.0491 e. The molecule has 2 fully saturated rings. The van der Waals surface area contributed by atoms with Crippen molar-refractivity contribution in [2.75, 3.05) is 32.7 Å². The zero-order valence-electron chi connectivity index (χ0n) is 18.0. The number of piperidine rings is 2. The normalized spacial score (nSPS) is 21.7. The number of aromatic nitrogens is 1. The topological polar surface area (TPSA) is 11.4 Å². The highest BCUT2D eigenvalue weighted by Crippen LogP contribution is 2.21. The molecule has 0 saturated carbocycles. The minimum atomic E-state index is 0.871. The Labute approximate surface area is 175 Å². The SMILES string of the molecule is C1=c2c(n(CCCCN3CCC(N4CCCCC4)CC3)c3ccccc23)=CCC1. The molecule has 0 atom stereocenters. The summed E-state index contributed by atoms with van der Waals surface area (Å²) >= 11 is 0. The Balaban J connectivity index is 1.14. The molecule has 0 N–H and O–H groups in total. The van der Waals surface area contributed by atoms with Crippen molar-refractivity contribution in [1.29, 1.82) is 0 Å². The van der Waals surface area contributed by atoms with Crippen molar-refractivity contribution in [3.8, 4) is 0 Å². The number of hydrogen-bond acceptors (Lipinski definition) is 2. The predicted octanol–water partition coefficient (Wildman–Crippen LogP) is 3.73. The van der Waals surface area contributed by atoms with E-state index in [0.717, 1.165) is 12.6 Å². The van der Waals surface area contributed by atoms with Crippen LogP contribution in [-0.2, 0) is 6.54 Å². The molecule has 3 nitrogen and oxygen atoms in total. The van der Waals surface area contributed by atoms with Crippen molar-refractivity contribution in [2.24, 2.45) is 0 Å². The van der Waals surface area contributed by atoms with E-state index in [1.54, 1.807) is 0 Å². The number of benzene rings is 1. The molecule has 29 heavy (non-hydrogen) atoms. The third kappa shape index (κ3) is 4.18. The molecular weight excluding hydrogens is 354 g/mol. The zero-order valence-corrected chi connectivity index (χ0v) is 18.0. The summed E-state index contributed by atoms with van der Waals surface area (Å²) in [5.74, 6) is 0. The maximum Gasteiger partial charge on any atom is 0.0491 e. The van der Waals surface area contributed by atoms with Crippen molar-refractivity contribution in [3.63, 3.8) is 0 Å². The van der Waals surface area contributed by atoms with Crippen LogP contribution in [-0.4, -0.2) is 53.1 Å². The molecule has 1 aliphatic carbocycles. The molecule has 156 valence electrons. The molecule has 5 rings (SSSR count). The summed E-state index contributed by atoms with van der Waals surface area (Å²) in [7, 11) is 0. The highest BCUT2D eigenvalue weighted by molar-refractivity contribution is 5.82. The summed E-state index contributed by atoms with van der Waals surface area (Å²) in [5.41, 5.74) is 1.43. The van der Waals surface area contributed by atoms with Crippen molar-refractivity contribution in [1.82, 2.24) is 14.4 Å². The number of hydrogen-bond donors (Lipinski definition) is 0. The van der Waals surface area contributed by atoms with Gasteiger partial charge < -0.3 is 14.4 Å². The van der Waals surface area contributed by atoms with Gasteiger partial charge in [0.15, 0.2) is 0 Å². The molecule has 2 saturated heterocycles. The van der Waals surface area contributed by atoms with Crippen LogP contribution in [0.2, 0.25) is 0 Å². The van der Waals surface area contributed by atoms with Crippen molar-refractivity contribution >= 4 is 23.1 Å². The van der Waals surface area contributed by atoms with Gasteiger partial charge in [-0.3, -0.25) is 0 Å². The van der Waals surface area contributed by atoms with Crippen molar-refractivity contribution < 1.29 is 0 Å². The Morgan fingerprint density at radius 2 is 1.55 bits per heavy atom. The molecule has 1 aromatic heterocycles. The van der Waals surface area contributed by atoms with Gasteiger partial charge in [0.25, 0.3) is 0 Å². The second kappa shape index (κ2) is 9.06. The van der Waals surface area contributed by atoms with Gasteiger partial charge in [0.1, 0.15) is 0 Å². The Kier molecular flexibility index (Phi) is 6.05. The summed E-state index contributed by atoms with van der Waals surface area (Å²) in [6.07, 6.45) is 17.0. The summed E-state index contributed by atoms with van der Waals surface area (Å²) in [4.78, 5) is 5.51. The highest BCUT2D eigenvalue weighted by atomic mass is 15.2. The van der Waals surface area contributed by atoms with Gasteiger partial charge in [-0.15, -0.1) is 0 Å². The number of likely N-dealkylation sites (tertiary alicyclic amines) is 2. The van der Waals surface area contributed by atoms with Crippen LogP contribution in [0.1, 0.15) is 57.8 Å². The van der Waals surface area contributed by atoms with Crippen LogP contribution in [0.4, 0.5) is 0 Å². The Morgan fingerprint density at radius 3 is 2.41 bits per heavy atom. The van der Waals surface area contributed by atoms with Gasteiger partial charge in [0.05, 0.1) is 0 Å². The van der Waals surface area contributed by atoms with Gasteiger partial charge in [-0.1, -0.05) is 36.8 Å². The van der Waals surface area contributed by atoms with Crippen LogP contribution in [0.15, 0.2) is 24.3 Å². The number of para-hydroxylation sites is 1. The fraction of sp³-hybridized carbons (Fsp3) is 0.615. The molecule has 0 spiro atoms. The number of aryl methyl sites for hydroxylation is 1. The molecule has 0 radical (unpaired) electrons. The molecule has 3 heterocycles. The van der Waals surface area contributed by atoms with Crippen LogP contribution in [0.25, 0.3) is 23.1 Å². The number of rotatable bonds is 6. The molecule has 1 aromatic carbocycles. The minimum Gasteiger partial charge on any atom is -0.341 e. The lowest BCUT2D eigenvalue weighted by Crippen LogP contribution is -2.46. The molecule has 0 unspecified atom stereocenters. The van der Waals surface area contributed by atoms with E-state index in [0.29, 0.717) is 0 Å². The number of fused-ring (bicyclic) bond motifs is 3. The molecular formula is C26H37N3. The zero-order chi connectivity index (χ0) is 19.5. The fourth-order valence-corrected chi connectivity index (χ4v) is 5.87. The average Bonchev–Trinajstić information content (AvgIpc) is 3.12. The first-order valence-electron chi connectivity index (χ1n) is 12.1. The van der Waals surface area contributed by atoms with E-state index in [9.17, 15) is 0 Å². The lowest BCUT2D eigenvalue weighted by Gasteiger charge is -2.40. The van der Waals surface area contributed by atoms with Gasteiger partial charge in [0, 0.05) is 34.1 Å².